The van der Waals surface area contributed by atoms with E-state index < -0.39 is 10.8 Å². The van der Waals surface area contributed by atoms with E-state index in [1.807, 2.05) is 0 Å². The van der Waals surface area contributed by atoms with Gasteiger partial charge in [0.05, 0.1) is 11.5 Å². The summed E-state index contributed by atoms with van der Waals surface area (Å²) in [7, 11) is 0. The lowest BCUT2D eigenvalue weighted by atomic mass is 10.1. The Bertz CT molecular complexity index is 805. The van der Waals surface area contributed by atoms with Crippen molar-refractivity contribution in [2.75, 3.05) is 18.7 Å². The fourth-order valence-corrected chi connectivity index (χ4v) is 2.26. The van der Waals surface area contributed by atoms with Gasteiger partial charge in [-0.15, -0.1) is 0 Å². The Morgan fingerprint density at radius 2 is 2.04 bits per heavy atom. The van der Waals surface area contributed by atoms with E-state index in [4.69, 9.17) is 14.2 Å². The van der Waals surface area contributed by atoms with Crippen molar-refractivity contribution in [2.45, 2.75) is 6.92 Å². The zero-order chi connectivity index (χ0) is 17.1. The standard InChI is InChI=1S/C16H14N2O6/c1-2-22-13-5-3-10(7-12(13)18(20)21)16(19)17-11-4-6-14-15(8-11)24-9-23-14/h3-8H,2,9H2,1H3,(H,17,19). The van der Waals surface area contributed by atoms with E-state index in [0.717, 1.165) is 0 Å². The van der Waals surface area contributed by atoms with Crippen LogP contribution >= 0.6 is 0 Å². The molecule has 1 aliphatic rings. The number of nitro benzene ring substituents is 1. The van der Waals surface area contributed by atoms with Crippen molar-refractivity contribution < 1.29 is 23.9 Å². The summed E-state index contributed by atoms with van der Waals surface area (Å²) in [5.41, 5.74) is 0.402. The molecule has 0 aromatic heterocycles. The molecular weight excluding hydrogens is 316 g/mol. The minimum absolute atomic E-state index is 0.127. The lowest BCUT2D eigenvalue weighted by Crippen LogP contribution is -2.12. The molecule has 0 aliphatic carbocycles. The number of fused-ring (bicyclic) bond motifs is 1. The third-order valence-electron chi connectivity index (χ3n) is 3.35. The van der Waals surface area contributed by atoms with Crippen LogP contribution < -0.4 is 19.5 Å². The number of benzene rings is 2. The summed E-state index contributed by atoms with van der Waals surface area (Å²) < 4.78 is 15.6. The van der Waals surface area contributed by atoms with Gasteiger partial charge in [0.1, 0.15) is 0 Å². The van der Waals surface area contributed by atoms with Crippen LogP contribution in [0.5, 0.6) is 17.2 Å². The molecule has 0 unspecified atom stereocenters. The number of carbonyl (C=O) groups excluding carboxylic acids is 1. The molecule has 0 saturated carbocycles. The number of hydrogen-bond donors (Lipinski definition) is 1. The number of hydrogen-bond acceptors (Lipinski definition) is 6. The third kappa shape index (κ3) is 3.07. The zero-order valence-corrected chi connectivity index (χ0v) is 12.8. The molecule has 8 nitrogen and oxygen atoms in total. The number of amides is 1. The molecule has 1 heterocycles. The monoisotopic (exact) mass is 330 g/mol. The Morgan fingerprint density at radius 3 is 2.79 bits per heavy atom. The number of rotatable bonds is 5. The predicted octanol–water partition coefficient (Wildman–Crippen LogP) is 2.97. The largest absolute Gasteiger partial charge is 0.487 e. The number of nitro groups is 1. The number of anilines is 1. The van der Waals surface area contributed by atoms with E-state index >= 15 is 0 Å². The van der Waals surface area contributed by atoms with Gasteiger partial charge in [0.25, 0.3) is 5.91 Å². The maximum atomic E-state index is 12.3. The molecule has 0 fully saturated rings. The van der Waals surface area contributed by atoms with Gasteiger partial charge in [0.2, 0.25) is 6.79 Å². The highest BCUT2D eigenvalue weighted by Crippen LogP contribution is 2.34. The first-order chi connectivity index (χ1) is 11.6. The normalized spacial score (nSPS) is 11.9. The fourth-order valence-electron chi connectivity index (χ4n) is 2.26. The van der Waals surface area contributed by atoms with Crippen LogP contribution in [0, 0.1) is 10.1 Å². The maximum absolute atomic E-state index is 12.3. The second-order valence-electron chi connectivity index (χ2n) is 4.89. The summed E-state index contributed by atoms with van der Waals surface area (Å²) >= 11 is 0. The lowest BCUT2D eigenvalue weighted by molar-refractivity contribution is -0.385. The first-order valence-corrected chi connectivity index (χ1v) is 7.20. The fraction of sp³-hybridized carbons (Fsp3) is 0.188. The average Bonchev–Trinajstić information content (AvgIpc) is 3.03. The van der Waals surface area contributed by atoms with Gasteiger partial charge in [-0.05, 0) is 31.2 Å². The van der Waals surface area contributed by atoms with Gasteiger partial charge in [-0.2, -0.15) is 0 Å². The molecule has 2 aromatic rings. The molecule has 1 aliphatic heterocycles. The van der Waals surface area contributed by atoms with Crippen LogP contribution in [0.4, 0.5) is 11.4 Å². The first kappa shape index (κ1) is 15.6. The Labute approximate surface area is 137 Å². The summed E-state index contributed by atoms with van der Waals surface area (Å²) in [5, 5.41) is 13.8. The molecule has 8 heteroatoms. The van der Waals surface area contributed by atoms with Crippen molar-refractivity contribution in [3.8, 4) is 17.2 Å². The zero-order valence-electron chi connectivity index (χ0n) is 12.8. The van der Waals surface area contributed by atoms with Crippen molar-refractivity contribution in [3.05, 3.63) is 52.1 Å². The van der Waals surface area contributed by atoms with Crippen molar-refractivity contribution in [3.63, 3.8) is 0 Å². The van der Waals surface area contributed by atoms with Crippen LogP contribution in [-0.4, -0.2) is 24.2 Å². The van der Waals surface area contributed by atoms with E-state index in [1.165, 1.54) is 18.2 Å². The molecule has 0 saturated heterocycles. The summed E-state index contributed by atoms with van der Waals surface area (Å²) in [6, 6.07) is 9.04. The van der Waals surface area contributed by atoms with Gasteiger partial charge in [-0.25, -0.2) is 0 Å². The van der Waals surface area contributed by atoms with Gasteiger partial charge in [-0.3, -0.25) is 14.9 Å². The lowest BCUT2D eigenvalue weighted by Gasteiger charge is -2.08. The minimum atomic E-state index is -0.581. The molecule has 0 spiro atoms. The second-order valence-corrected chi connectivity index (χ2v) is 4.89. The highest BCUT2D eigenvalue weighted by Gasteiger charge is 2.19. The molecule has 1 amide bonds. The van der Waals surface area contributed by atoms with Gasteiger partial charge < -0.3 is 19.5 Å². The molecule has 0 bridgehead atoms. The quantitative estimate of drug-likeness (QED) is 0.668. The van der Waals surface area contributed by atoms with Gasteiger partial charge in [-0.1, -0.05) is 0 Å². The van der Waals surface area contributed by atoms with Gasteiger partial charge in [0.15, 0.2) is 17.2 Å². The van der Waals surface area contributed by atoms with E-state index in [0.29, 0.717) is 23.8 Å². The predicted molar refractivity (Wildman–Crippen MR) is 84.8 cm³/mol. The Hall–Kier alpha value is -3.29. The molecule has 1 N–H and O–H groups in total. The molecule has 0 atom stereocenters. The van der Waals surface area contributed by atoms with Crippen LogP contribution in [0.3, 0.4) is 0 Å². The Balaban J connectivity index is 1.82. The summed E-state index contributed by atoms with van der Waals surface area (Å²) in [6.45, 7) is 2.16. The maximum Gasteiger partial charge on any atom is 0.311 e. The summed E-state index contributed by atoms with van der Waals surface area (Å²) in [6.07, 6.45) is 0. The topological polar surface area (TPSA) is 99.9 Å². The van der Waals surface area contributed by atoms with Crippen LogP contribution in [0.25, 0.3) is 0 Å². The molecular formula is C16H14N2O6. The number of nitrogens with one attached hydrogen (secondary N) is 1. The van der Waals surface area contributed by atoms with Gasteiger partial charge >= 0.3 is 5.69 Å². The van der Waals surface area contributed by atoms with Crippen LogP contribution in [0.1, 0.15) is 17.3 Å². The van der Waals surface area contributed by atoms with Crippen molar-refractivity contribution in [2.24, 2.45) is 0 Å². The second kappa shape index (κ2) is 6.45. The highest BCUT2D eigenvalue weighted by atomic mass is 16.7. The highest BCUT2D eigenvalue weighted by molar-refractivity contribution is 6.05. The molecule has 24 heavy (non-hydrogen) atoms. The van der Waals surface area contributed by atoms with Crippen LogP contribution in [0.15, 0.2) is 36.4 Å². The number of nitrogens with zero attached hydrogens (tertiary/aromatic N) is 1. The minimum Gasteiger partial charge on any atom is -0.487 e. The van der Waals surface area contributed by atoms with E-state index in [1.54, 1.807) is 25.1 Å². The molecule has 124 valence electrons. The van der Waals surface area contributed by atoms with Crippen LogP contribution in [-0.2, 0) is 0 Å². The average molecular weight is 330 g/mol. The Kier molecular flexibility index (Phi) is 4.19. The van der Waals surface area contributed by atoms with Gasteiger partial charge in [0, 0.05) is 23.4 Å². The smallest absolute Gasteiger partial charge is 0.311 e. The number of carbonyl (C=O) groups is 1. The molecule has 0 radical (unpaired) electrons. The summed E-state index contributed by atoms with van der Waals surface area (Å²) in [5.74, 6) is 0.789. The van der Waals surface area contributed by atoms with Crippen molar-refractivity contribution >= 4 is 17.3 Å². The Morgan fingerprint density at radius 1 is 1.25 bits per heavy atom. The van der Waals surface area contributed by atoms with Crippen molar-refractivity contribution in [1.29, 1.82) is 0 Å². The van der Waals surface area contributed by atoms with E-state index in [2.05, 4.69) is 5.32 Å². The molecule has 3 rings (SSSR count). The third-order valence-corrected chi connectivity index (χ3v) is 3.35. The number of ether oxygens (including phenoxy) is 3. The van der Waals surface area contributed by atoms with E-state index in [9.17, 15) is 14.9 Å². The molecule has 2 aromatic carbocycles. The van der Waals surface area contributed by atoms with Crippen LogP contribution in [0.2, 0.25) is 0 Å². The SMILES string of the molecule is CCOc1ccc(C(=O)Nc2ccc3c(c2)OCO3)cc1[N+](=O)[O-]. The first-order valence-electron chi connectivity index (χ1n) is 7.20. The summed E-state index contributed by atoms with van der Waals surface area (Å²) in [4.78, 5) is 22.9. The van der Waals surface area contributed by atoms with Crippen molar-refractivity contribution in [1.82, 2.24) is 0 Å². The van der Waals surface area contributed by atoms with E-state index in [-0.39, 0.29) is 23.8 Å².